The van der Waals surface area contributed by atoms with E-state index in [0.29, 0.717) is 10.6 Å². The summed E-state index contributed by atoms with van der Waals surface area (Å²) in [4.78, 5) is 56.0. The fourth-order valence-corrected chi connectivity index (χ4v) is 6.29. The molecule has 6 nitrogen and oxygen atoms in total. The van der Waals surface area contributed by atoms with E-state index in [1.807, 2.05) is 0 Å². The number of carbonyl (C=O) groups is 4. The first-order chi connectivity index (χ1) is 15.5. The Morgan fingerprint density at radius 1 is 0.844 bits per heavy atom. The van der Waals surface area contributed by atoms with Crippen LogP contribution in [0.2, 0.25) is 5.02 Å². The largest absolute Gasteiger partial charge is 0.349 e. The van der Waals surface area contributed by atoms with Crippen LogP contribution in [0.1, 0.15) is 58.1 Å². The first kappa shape index (κ1) is 19.8. The average Bonchev–Trinajstić information content (AvgIpc) is 3.53. The molecule has 162 valence electrons. The first-order valence-corrected chi connectivity index (χ1v) is 11.3. The maximum atomic E-state index is 13.7. The fourth-order valence-electron chi connectivity index (χ4n) is 6.05. The lowest BCUT2D eigenvalue weighted by atomic mass is 9.77. The standard InChI is InChI=1S/C25H20ClNO5/c26-17-12-6-5-11-16(17)20-18-19(24(31)27(23(18)30)13-7-1-2-8-13)25(32-20)21(28)14-9-3-4-10-15(14)22(25)29/h3-6,9-13,18-20H,1-2,7-8H2/t18-,19+,20-/m0/s1. The Balaban J connectivity index is 1.54. The third kappa shape index (κ3) is 2.34. The number of carbonyl (C=O) groups excluding carboxylic acids is 4. The second-order valence-corrected chi connectivity index (χ2v) is 9.39. The zero-order valence-electron chi connectivity index (χ0n) is 17.1. The number of imide groups is 1. The van der Waals surface area contributed by atoms with Crippen molar-refractivity contribution in [3.05, 3.63) is 70.2 Å². The van der Waals surface area contributed by atoms with Gasteiger partial charge >= 0.3 is 0 Å². The molecular weight excluding hydrogens is 430 g/mol. The minimum absolute atomic E-state index is 0.196. The van der Waals surface area contributed by atoms with Crippen LogP contribution in [0.5, 0.6) is 0 Å². The lowest BCUT2D eigenvalue weighted by Crippen LogP contribution is -2.51. The fraction of sp³-hybridized carbons (Fsp3) is 0.360. The molecule has 2 aromatic rings. The molecule has 32 heavy (non-hydrogen) atoms. The number of ether oxygens (including phenoxy) is 1. The van der Waals surface area contributed by atoms with Crippen LogP contribution in [0.15, 0.2) is 48.5 Å². The Hall–Kier alpha value is -2.83. The molecule has 0 unspecified atom stereocenters. The molecule has 2 aliphatic heterocycles. The zero-order chi connectivity index (χ0) is 22.2. The van der Waals surface area contributed by atoms with E-state index in [4.69, 9.17) is 16.3 Å². The van der Waals surface area contributed by atoms with Gasteiger partial charge in [-0.15, -0.1) is 0 Å². The summed E-state index contributed by atoms with van der Waals surface area (Å²) in [7, 11) is 0. The van der Waals surface area contributed by atoms with E-state index in [1.54, 1.807) is 48.5 Å². The molecule has 4 aliphatic rings. The van der Waals surface area contributed by atoms with Crippen LogP contribution in [0.4, 0.5) is 0 Å². The minimum atomic E-state index is -2.03. The molecule has 2 amide bonds. The lowest BCUT2D eigenvalue weighted by Gasteiger charge is -2.29. The van der Waals surface area contributed by atoms with Crippen LogP contribution in [0, 0.1) is 11.8 Å². The quantitative estimate of drug-likeness (QED) is 0.515. The molecule has 2 aromatic carbocycles. The van der Waals surface area contributed by atoms with Crippen molar-refractivity contribution in [3.63, 3.8) is 0 Å². The van der Waals surface area contributed by atoms with Crippen molar-refractivity contribution in [2.75, 3.05) is 0 Å². The number of ketones is 2. The van der Waals surface area contributed by atoms with Crippen molar-refractivity contribution < 1.29 is 23.9 Å². The molecule has 0 radical (unpaired) electrons. The van der Waals surface area contributed by atoms with E-state index in [9.17, 15) is 19.2 Å². The van der Waals surface area contributed by atoms with E-state index >= 15 is 0 Å². The SMILES string of the molecule is O=C1[C@@H]2[C@H](c3ccccc3Cl)OC3(C(=O)c4ccccc4C3=O)[C@H]2C(=O)N1C1CCCC1. The van der Waals surface area contributed by atoms with Gasteiger partial charge in [-0.1, -0.05) is 66.9 Å². The topological polar surface area (TPSA) is 80.8 Å². The van der Waals surface area contributed by atoms with Crippen molar-refractivity contribution in [2.45, 2.75) is 43.4 Å². The van der Waals surface area contributed by atoms with Crippen LogP contribution in [0.3, 0.4) is 0 Å². The minimum Gasteiger partial charge on any atom is -0.349 e. The van der Waals surface area contributed by atoms with Gasteiger partial charge in [0.15, 0.2) is 0 Å². The number of benzene rings is 2. The van der Waals surface area contributed by atoms with E-state index in [2.05, 4.69) is 0 Å². The molecule has 1 saturated carbocycles. The van der Waals surface area contributed by atoms with Gasteiger partial charge in [0.05, 0.1) is 17.9 Å². The number of likely N-dealkylation sites (tertiary alicyclic amines) is 1. The number of hydrogen-bond donors (Lipinski definition) is 0. The third-order valence-electron chi connectivity index (χ3n) is 7.45. The molecule has 1 spiro atoms. The summed E-state index contributed by atoms with van der Waals surface area (Å²) >= 11 is 6.44. The Labute approximate surface area is 189 Å². The summed E-state index contributed by atoms with van der Waals surface area (Å²) in [6.45, 7) is 0. The van der Waals surface area contributed by atoms with Crippen LogP contribution >= 0.6 is 11.6 Å². The molecule has 2 heterocycles. The van der Waals surface area contributed by atoms with E-state index in [1.165, 1.54) is 4.90 Å². The van der Waals surface area contributed by atoms with E-state index in [-0.39, 0.29) is 23.1 Å². The summed E-state index contributed by atoms with van der Waals surface area (Å²) in [5, 5.41) is 0.364. The Morgan fingerprint density at radius 3 is 2.06 bits per heavy atom. The lowest BCUT2D eigenvalue weighted by molar-refractivity contribution is -0.147. The predicted molar refractivity (Wildman–Crippen MR) is 114 cm³/mol. The van der Waals surface area contributed by atoms with Gasteiger partial charge < -0.3 is 4.74 Å². The van der Waals surface area contributed by atoms with Crippen LogP contribution < -0.4 is 0 Å². The molecule has 6 rings (SSSR count). The molecule has 0 N–H and O–H groups in total. The second kappa shape index (κ2) is 6.83. The van der Waals surface area contributed by atoms with Crippen LogP contribution in [-0.2, 0) is 14.3 Å². The van der Waals surface area contributed by atoms with Gasteiger partial charge in [-0.2, -0.15) is 0 Å². The summed E-state index contributed by atoms with van der Waals surface area (Å²) in [6, 6.07) is 13.2. The Kier molecular flexibility index (Phi) is 4.23. The molecular formula is C25H20ClNO5. The van der Waals surface area contributed by atoms with Gasteiger partial charge in [-0.3, -0.25) is 24.1 Å². The Morgan fingerprint density at radius 2 is 1.44 bits per heavy atom. The number of fused-ring (bicyclic) bond motifs is 3. The average molecular weight is 450 g/mol. The van der Waals surface area contributed by atoms with E-state index in [0.717, 1.165) is 25.7 Å². The molecule has 2 saturated heterocycles. The number of amides is 2. The highest BCUT2D eigenvalue weighted by atomic mass is 35.5. The third-order valence-corrected chi connectivity index (χ3v) is 7.80. The van der Waals surface area contributed by atoms with Gasteiger partial charge in [-0.05, 0) is 18.9 Å². The van der Waals surface area contributed by atoms with Gasteiger partial charge in [0.1, 0.15) is 0 Å². The molecule has 0 aromatic heterocycles. The van der Waals surface area contributed by atoms with Gasteiger partial charge in [0.2, 0.25) is 29.0 Å². The highest BCUT2D eigenvalue weighted by Gasteiger charge is 2.75. The van der Waals surface area contributed by atoms with Crippen molar-refractivity contribution in [1.29, 1.82) is 0 Å². The van der Waals surface area contributed by atoms with Crippen molar-refractivity contribution in [1.82, 2.24) is 4.90 Å². The van der Waals surface area contributed by atoms with Crippen LogP contribution in [-0.4, -0.2) is 39.9 Å². The molecule has 7 heteroatoms. The summed E-state index contributed by atoms with van der Waals surface area (Å²) in [5.41, 5.74) is -1.06. The van der Waals surface area contributed by atoms with Gasteiger partial charge in [-0.25, -0.2) is 0 Å². The maximum Gasteiger partial charge on any atom is 0.237 e. The number of rotatable bonds is 2. The Bertz CT molecular complexity index is 1170. The molecule has 3 atom stereocenters. The number of Topliss-reactive ketones (excluding diaryl/α,β-unsaturated/α-hetero) is 2. The predicted octanol–water partition coefficient (Wildman–Crippen LogP) is 3.77. The molecule has 2 aliphatic carbocycles. The molecule has 0 bridgehead atoms. The summed E-state index contributed by atoms with van der Waals surface area (Å²) in [5.74, 6) is -4.09. The highest BCUT2D eigenvalue weighted by Crippen LogP contribution is 2.58. The summed E-state index contributed by atoms with van der Waals surface area (Å²) < 4.78 is 6.25. The first-order valence-electron chi connectivity index (χ1n) is 10.9. The van der Waals surface area contributed by atoms with Crippen molar-refractivity contribution >= 4 is 35.0 Å². The summed E-state index contributed by atoms with van der Waals surface area (Å²) in [6.07, 6.45) is 2.40. The van der Waals surface area contributed by atoms with Gasteiger partial charge in [0, 0.05) is 27.8 Å². The number of hydrogen-bond acceptors (Lipinski definition) is 5. The normalized spacial score (nSPS) is 28.8. The van der Waals surface area contributed by atoms with Crippen molar-refractivity contribution in [2.24, 2.45) is 11.8 Å². The second-order valence-electron chi connectivity index (χ2n) is 8.99. The zero-order valence-corrected chi connectivity index (χ0v) is 17.9. The maximum absolute atomic E-state index is 13.7. The van der Waals surface area contributed by atoms with E-state index < -0.39 is 41.0 Å². The number of nitrogens with zero attached hydrogens (tertiary/aromatic N) is 1. The highest BCUT2D eigenvalue weighted by molar-refractivity contribution is 6.35. The number of halogens is 1. The molecule has 3 fully saturated rings. The van der Waals surface area contributed by atoms with Gasteiger partial charge in [0.25, 0.3) is 0 Å². The van der Waals surface area contributed by atoms with Crippen molar-refractivity contribution in [3.8, 4) is 0 Å². The van der Waals surface area contributed by atoms with Crippen LogP contribution in [0.25, 0.3) is 0 Å². The smallest absolute Gasteiger partial charge is 0.237 e. The monoisotopic (exact) mass is 449 g/mol.